The van der Waals surface area contributed by atoms with Gasteiger partial charge >= 0.3 is 5.97 Å². The number of aliphatic carboxylic acids is 1. The molecule has 4 rings (SSSR count). The van der Waals surface area contributed by atoms with Crippen LogP contribution in [0.2, 0.25) is 10.0 Å². The van der Waals surface area contributed by atoms with Gasteiger partial charge in [-0.15, -0.1) is 0 Å². The van der Waals surface area contributed by atoms with Crippen molar-refractivity contribution in [3.63, 3.8) is 0 Å². The van der Waals surface area contributed by atoms with Gasteiger partial charge in [0.25, 0.3) is 0 Å². The summed E-state index contributed by atoms with van der Waals surface area (Å²) < 4.78 is 5.74. The van der Waals surface area contributed by atoms with Gasteiger partial charge in [-0.05, 0) is 36.4 Å². The van der Waals surface area contributed by atoms with Crippen LogP contribution in [0.3, 0.4) is 0 Å². The molecule has 1 fully saturated rings. The number of carbonyl (C=O) groups is 2. The molecule has 0 spiro atoms. The predicted octanol–water partition coefficient (Wildman–Crippen LogP) is 4.24. The van der Waals surface area contributed by atoms with Gasteiger partial charge in [-0.3, -0.25) is 9.59 Å². The number of carboxylic acids is 1. The first-order valence-corrected chi connectivity index (χ1v) is 8.57. The SMILES string of the molecule is O=C(O)C1CC(=O)N(c2ccc(Cl)c(-c3nc4cc(Cl)ccc4o3)c2)C1. The maximum Gasteiger partial charge on any atom is 0.308 e. The van der Waals surface area contributed by atoms with E-state index in [0.717, 1.165) is 0 Å². The minimum absolute atomic E-state index is 0.0192. The lowest BCUT2D eigenvalue weighted by molar-refractivity contribution is -0.141. The zero-order valence-corrected chi connectivity index (χ0v) is 14.8. The van der Waals surface area contributed by atoms with Crippen molar-refractivity contribution < 1.29 is 19.1 Å². The number of rotatable bonds is 3. The number of oxazole rings is 1. The highest BCUT2D eigenvalue weighted by molar-refractivity contribution is 6.33. The smallest absolute Gasteiger partial charge is 0.308 e. The number of aromatic nitrogens is 1. The maximum absolute atomic E-state index is 12.2. The van der Waals surface area contributed by atoms with E-state index >= 15 is 0 Å². The maximum atomic E-state index is 12.2. The standard InChI is InChI=1S/C18H12Cl2N2O4/c19-10-1-4-15-14(6-10)21-17(26-15)12-7-11(2-3-13(12)20)22-8-9(18(24)25)5-16(22)23/h1-4,6-7,9H,5,8H2,(H,24,25). The van der Waals surface area contributed by atoms with Crippen LogP contribution < -0.4 is 4.90 Å². The second kappa shape index (κ2) is 6.30. The van der Waals surface area contributed by atoms with E-state index in [-0.39, 0.29) is 18.9 Å². The molecule has 1 aliphatic heterocycles. The molecule has 1 atom stereocenters. The summed E-state index contributed by atoms with van der Waals surface area (Å²) >= 11 is 12.3. The molecule has 2 heterocycles. The number of nitrogens with zero attached hydrogens (tertiary/aromatic N) is 2. The summed E-state index contributed by atoms with van der Waals surface area (Å²) in [6.07, 6.45) is -0.0192. The highest BCUT2D eigenvalue weighted by Crippen LogP contribution is 2.35. The Labute approximate surface area is 157 Å². The van der Waals surface area contributed by atoms with Gasteiger partial charge in [-0.2, -0.15) is 0 Å². The number of hydrogen-bond acceptors (Lipinski definition) is 4. The molecular weight excluding hydrogens is 379 g/mol. The van der Waals surface area contributed by atoms with E-state index in [4.69, 9.17) is 32.7 Å². The van der Waals surface area contributed by atoms with Crippen LogP contribution in [0.4, 0.5) is 5.69 Å². The van der Waals surface area contributed by atoms with E-state index < -0.39 is 11.9 Å². The molecule has 132 valence electrons. The van der Waals surface area contributed by atoms with Crippen LogP contribution in [0, 0.1) is 5.92 Å². The third-order valence-electron chi connectivity index (χ3n) is 4.32. The van der Waals surface area contributed by atoms with Crippen molar-refractivity contribution in [1.29, 1.82) is 0 Å². The largest absolute Gasteiger partial charge is 0.481 e. The monoisotopic (exact) mass is 390 g/mol. The summed E-state index contributed by atoms with van der Waals surface area (Å²) in [6.45, 7) is 0.123. The van der Waals surface area contributed by atoms with E-state index in [2.05, 4.69) is 4.98 Å². The van der Waals surface area contributed by atoms with E-state index in [9.17, 15) is 9.59 Å². The molecule has 1 saturated heterocycles. The van der Waals surface area contributed by atoms with Crippen LogP contribution >= 0.6 is 23.2 Å². The highest BCUT2D eigenvalue weighted by Gasteiger charge is 2.35. The molecule has 8 heteroatoms. The van der Waals surface area contributed by atoms with Gasteiger partial charge in [0.2, 0.25) is 11.8 Å². The molecule has 1 aromatic heterocycles. The fourth-order valence-corrected chi connectivity index (χ4v) is 3.35. The topological polar surface area (TPSA) is 83.6 Å². The van der Waals surface area contributed by atoms with Crippen molar-refractivity contribution in [3.8, 4) is 11.5 Å². The van der Waals surface area contributed by atoms with Gasteiger partial charge in [-0.25, -0.2) is 4.98 Å². The average molecular weight is 391 g/mol. The number of anilines is 1. The Bertz CT molecular complexity index is 1050. The number of carboxylic acid groups (broad SMARTS) is 1. The van der Waals surface area contributed by atoms with Crippen molar-refractivity contribution in [3.05, 3.63) is 46.4 Å². The Morgan fingerprint density at radius 1 is 1.23 bits per heavy atom. The lowest BCUT2D eigenvalue weighted by atomic mass is 10.1. The average Bonchev–Trinajstić information content (AvgIpc) is 3.18. The van der Waals surface area contributed by atoms with E-state index in [1.165, 1.54) is 4.90 Å². The van der Waals surface area contributed by atoms with Crippen molar-refractivity contribution in [2.45, 2.75) is 6.42 Å². The quantitative estimate of drug-likeness (QED) is 0.722. The van der Waals surface area contributed by atoms with Crippen LogP contribution in [0.15, 0.2) is 40.8 Å². The van der Waals surface area contributed by atoms with Gasteiger partial charge in [0, 0.05) is 23.7 Å². The van der Waals surface area contributed by atoms with Gasteiger partial charge in [0.15, 0.2) is 5.58 Å². The molecule has 0 saturated carbocycles. The fourth-order valence-electron chi connectivity index (χ4n) is 2.98. The zero-order chi connectivity index (χ0) is 18.4. The molecule has 1 N–H and O–H groups in total. The minimum atomic E-state index is -0.981. The van der Waals surface area contributed by atoms with Gasteiger partial charge in [-0.1, -0.05) is 23.2 Å². The summed E-state index contributed by atoms with van der Waals surface area (Å²) in [4.78, 5) is 29.2. The first-order chi connectivity index (χ1) is 12.4. The zero-order valence-electron chi connectivity index (χ0n) is 13.3. The molecule has 26 heavy (non-hydrogen) atoms. The number of fused-ring (bicyclic) bond motifs is 1. The molecule has 3 aromatic rings. The van der Waals surface area contributed by atoms with Gasteiger partial charge < -0.3 is 14.4 Å². The Morgan fingerprint density at radius 3 is 2.77 bits per heavy atom. The molecule has 0 radical (unpaired) electrons. The summed E-state index contributed by atoms with van der Waals surface area (Å²) in [7, 11) is 0. The van der Waals surface area contributed by atoms with Crippen molar-refractivity contribution in [1.82, 2.24) is 4.98 Å². The molecule has 1 unspecified atom stereocenters. The molecule has 2 aromatic carbocycles. The summed E-state index contributed by atoms with van der Waals surface area (Å²) in [5.74, 6) is -1.63. The first kappa shape index (κ1) is 16.9. The number of hydrogen-bond donors (Lipinski definition) is 1. The Kier molecular flexibility index (Phi) is 4.09. The second-order valence-corrected chi connectivity index (χ2v) is 6.88. The van der Waals surface area contributed by atoms with Crippen LogP contribution in [0.1, 0.15) is 6.42 Å². The predicted molar refractivity (Wildman–Crippen MR) is 97.6 cm³/mol. The minimum Gasteiger partial charge on any atom is -0.481 e. The van der Waals surface area contributed by atoms with Crippen LogP contribution in [0.25, 0.3) is 22.6 Å². The van der Waals surface area contributed by atoms with Crippen LogP contribution in [-0.4, -0.2) is 28.5 Å². The number of amides is 1. The molecule has 0 aliphatic carbocycles. The molecule has 6 nitrogen and oxygen atoms in total. The number of halogens is 2. The number of carbonyl (C=O) groups excluding carboxylic acids is 1. The highest BCUT2D eigenvalue weighted by atomic mass is 35.5. The third-order valence-corrected chi connectivity index (χ3v) is 4.88. The van der Waals surface area contributed by atoms with E-state index in [0.29, 0.717) is 38.3 Å². The summed E-state index contributed by atoms with van der Waals surface area (Å²) in [5.41, 5.74) is 2.23. The van der Waals surface area contributed by atoms with Crippen molar-refractivity contribution >= 4 is 51.9 Å². The normalized spacial score (nSPS) is 17.2. The van der Waals surface area contributed by atoms with Crippen LogP contribution in [0.5, 0.6) is 0 Å². The lowest BCUT2D eigenvalue weighted by Gasteiger charge is -2.17. The number of benzene rings is 2. The second-order valence-electron chi connectivity index (χ2n) is 6.04. The van der Waals surface area contributed by atoms with Crippen molar-refractivity contribution in [2.24, 2.45) is 5.92 Å². The van der Waals surface area contributed by atoms with Gasteiger partial charge in [0.1, 0.15) is 5.52 Å². The Balaban J connectivity index is 1.74. The molecule has 1 aliphatic rings. The fraction of sp³-hybridized carbons (Fsp3) is 0.167. The lowest BCUT2D eigenvalue weighted by Crippen LogP contribution is -2.25. The Morgan fingerprint density at radius 2 is 2.04 bits per heavy atom. The van der Waals surface area contributed by atoms with Crippen molar-refractivity contribution in [2.75, 3.05) is 11.4 Å². The Hall–Kier alpha value is -2.57. The summed E-state index contributed by atoms with van der Waals surface area (Å²) in [5, 5.41) is 10.1. The van der Waals surface area contributed by atoms with E-state index in [1.807, 2.05) is 0 Å². The molecule has 0 bridgehead atoms. The summed E-state index contributed by atoms with van der Waals surface area (Å²) in [6, 6.07) is 10.1. The molecule has 1 amide bonds. The van der Waals surface area contributed by atoms with Gasteiger partial charge in [0.05, 0.1) is 16.5 Å². The third kappa shape index (κ3) is 2.91. The van der Waals surface area contributed by atoms with Crippen LogP contribution in [-0.2, 0) is 9.59 Å². The first-order valence-electron chi connectivity index (χ1n) is 7.81. The van der Waals surface area contributed by atoms with E-state index in [1.54, 1.807) is 36.4 Å². The molecular formula is C18H12Cl2N2O4.